The lowest BCUT2D eigenvalue weighted by Gasteiger charge is -2.40. The van der Waals surface area contributed by atoms with Gasteiger partial charge in [0.1, 0.15) is 29.8 Å². The molecule has 8 atom stereocenters. The second-order valence-corrected chi connectivity index (χ2v) is 14.6. The second-order valence-electron chi connectivity index (χ2n) is 13.7. The Hall–Kier alpha value is -3.84. The van der Waals surface area contributed by atoms with Gasteiger partial charge in [-0.05, 0) is 29.5 Å². The van der Waals surface area contributed by atoms with Gasteiger partial charge in [-0.25, -0.2) is 0 Å². The van der Waals surface area contributed by atoms with Gasteiger partial charge in [0.15, 0.2) is 0 Å². The van der Waals surface area contributed by atoms with Crippen LogP contribution >= 0.6 is 15.9 Å². The van der Waals surface area contributed by atoms with Crippen LogP contribution in [0.5, 0.6) is 0 Å². The number of carbonyl (C=O) groups is 4. The molecular formula is C38H44BrN3O8. The number of rotatable bonds is 8. The van der Waals surface area contributed by atoms with Crippen molar-refractivity contribution in [2.24, 2.45) is 17.8 Å². The summed E-state index contributed by atoms with van der Waals surface area (Å²) >= 11 is 3.61. The molecule has 6 rings (SSSR count). The molecule has 4 aliphatic rings. The summed E-state index contributed by atoms with van der Waals surface area (Å²) in [6, 6.07) is 16.0. The van der Waals surface area contributed by atoms with Crippen molar-refractivity contribution in [2.75, 3.05) is 26.9 Å². The molecule has 2 aromatic carbocycles. The summed E-state index contributed by atoms with van der Waals surface area (Å²) in [5, 5.41) is 13.7. The van der Waals surface area contributed by atoms with Crippen LogP contribution in [0.2, 0.25) is 0 Å². The molecule has 0 radical (unpaired) electrons. The third-order valence-electron chi connectivity index (χ3n) is 10.2. The highest BCUT2D eigenvalue weighted by atomic mass is 79.9. The maximum atomic E-state index is 15.0. The molecule has 4 aliphatic heterocycles. The van der Waals surface area contributed by atoms with E-state index in [9.17, 15) is 19.5 Å². The number of hydrogen-bond donors (Lipinski definition) is 2. The second kappa shape index (κ2) is 15.2. The van der Waals surface area contributed by atoms with Crippen molar-refractivity contribution in [1.82, 2.24) is 15.1 Å². The zero-order chi connectivity index (χ0) is 35.6. The number of allylic oxidation sites excluding steroid dienone is 1. The number of likely N-dealkylation sites (tertiary alicyclic amines) is 1. The molecule has 0 saturated carbocycles. The van der Waals surface area contributed by atoms with Crippen molar-refractivity contribution < 1.29 is 38.5 Å². The molecule has 2 aromatic rings. The lowest BCUT2D eigenvalue weighted by atomic mass is 9.74. The number of aliphatic hydroxyl groups is 1. The highest BCUT2D eigenvalue weighted by Gasteiger charge is 2.75. The van der Waals surface area contributed by atoms with Gasteiger partial charge in [0, 0.05) is 31.1 Å². The van der Waals surface area contributed by atoms with Crippen molar-refractivity contribution in [2.45, 2.75) is 69.2 Å². The smallest absolute Gasteiger partial charge is 0.313 e. The van der Waals surface area contributed by atoms with Crippen molar-refractivity contribution >= 4 is 39.6 Å². The minimum Gasteiger partial charge on any atom is -0.455 e. The van der Waals surface area contributed by atoms with E-state index in [0.29, 0.717) is 16.5 Å². The monoisotopic (exact) mass is 749 g/mol. The lowest BCUT2D eigenvalue weighted by Crippen LogP contribution is -2.59. The number of nitrogens with zero attached hydrogens (tertiary/aromatic N) is 2. The molecule has 0 aromatic heterocycles. The van der Waals surface area contributed by atoms with Crippen LogP contribution in [0.15, 0.2) is 83.4 Å². The van der Waals surface area contributed by atoms with Gasteiger partial charge in [0.2, 0.25) is 17.7 Å². The number of ether oxygens (including phenoxy) is 3. The number of benzene rings is 2. The van der Waals surface area contributed by atoms with Crippen LogP contribution in [0, 0.1) is 17.8 Å². The minimum absolute atomic E-state index is 0.0558. The minimum atomic E-state index is -1.50. The van der Waals surface area contributed by atoms with Crippen molar-refractivity contribution in [3.05, 3.63) is 94.5 Å². The fourth-order valence-corrected chi connectivity index (χ4v) is 8.55. The molecule has 266 valence electrons. The Bertz CT molecular complexity index is 1630. The molecule has 2 fully saturated rings. The van der Waals surface area contributed by atoms with Gasteiger partial charge >= 0.3 is 5.97 Å². The highest BCUT2D eigenvalue weighted by molar-refractivity contribution is 9.11. The zero-order valence-electron chi connectivity index (χ0n) is 28.4. The number of amides is 3. The molecule has 50 heavy (non-hydrogen) atoms. The zero-order valence-corrected chi connectivity index (χ0v) is 30.0. The van der Waals surface area contributed by atoms with Gasteiger partial charge in [-0.3, -0.25) is 19.2 Å². The number of nitrogens with one attached hydrogen (secondary N) is 1. The van der Waals surface area contributed by atoms with Crippen LogP contribution < -0.4 is 5.32 Å². The van der Waals surface area contributed by atoms with Crippen LogP contribution in [0.25, 0.3) is 0 Å². The maximum Gasteiger partial charge on any atom is 0.313 e. The van der Waals surface area contributed by atoms with Crippen LogP contribution in [-0.4, -0.2) is 95.3 Å². The Balaban J connectivity index is 1.48. The van der Waals surface area contributed by atoms with E-state index in [0.717, 1.165) is 5.56 Å². The number of fused-ring (bicyclic) bond motifs is 2. The summed E-state index contributed by atoms with van der Waals surface area (Å²) < 4.78 is 19.0. The summed E-state index contributed by atoms with van der Waals surface area (Å²) in [6.07, 6.45) is 4.19. The molecule has 3 amide bonds. The fraction of sp³-hybridized carbons (Fsp3) is 0.474. The van der Waals surface area contributed by atoms with E-state index in [1.165, 1.54) is 12.0 Å². The van der Waals surface area contributed by atoms with Gasteiger partial charge in [-0.15, -0.1) is 0 Å². The number of halogens is 1. The van der Waals surface area contributed by atoms with Crippen molar-refractivity contribution in [3.8, 4) is 0 Å². The average molecular weight is 751 g/mol. The standard InChI is InChI=1S/C38H44BrN3O8/c1-23(2)28(21-43)42-34-36(46)41(20-24-13-7-4-8-14-24)18-12-6-11-17-29(44)40-27(22-48-3)32(25-15-9-5-10-16-25)49-37(47)30-31(35(42)45)38(34)19-26(39)33(30)50-38/h4-10,12-16,19,23,27-28,30-34,43H,11,17-18,20-22H2,1-3H3,(H,40,44)/b12-6-/t27-,28+,30+,31-,32-,33+,34+,38-/m1/s1. The number of aliphatic hydroxyl groups excluding tert-OH is 1. The summed E-state index contributed by atoms with van der Waals surface area (Å²) in [5.41, 5.74) is 0.0232. The van der Waals surface area contributed by atoms with Gasteiger partial charge < -0.3 is 34.4 Å². The third kappa shape index (κ3) is 6.66. The van der Waals surface area contributed by atoms with Gasteiger partial charge in [0.25, 0.3) is 0 Å². The lowest BCUT2D eigenvalue weighted by molar-refractivity contribution is -0.163. The summed E-state index contributed by atoms with van der Waals surface area (Å²) in [5.74, 6) is -4.20. The SMILES string of the molecule is COC[C@H]1NC(=O)CC/C=C\CN(Cc2ccccc2)C(=O)[C@@H]2N([C@@H](CO)C(C)C)C(=O)[C@H]3[C@H](C(=O)O[C@@H]1c1ccccc1)[C@H]1O[C@@]23C=C1Br. The highest BCUT2D eigenvalue weighted by Crippen LogP contribution is 2.59. The Kier molecular flexibility index (Phi) is 10.9. The first-order chi connectivity index (χ1) is 24.1. The number of carbonyl (C=O) groups excluding carboxylic acids is 4. The number of hydrogen-bond acceptors (Lipinski definition) is 8. The molecule has 2 saturated heterocycles. The molecule has 5 bridgehead atoms. The number of cyclic esters (lactones) is 1. The molecule has 12 heteroatoms. The molecule has 2 N–H and O–H groups in total. The van der Waals surface area contributed by atoms with Gasteiger partial charge in [-0.2, -0.15) is 0 Å². The van der Waals surface area contributed by atoms with E-state index in [1.54, 1.807) is 23.1 Å². The predicted octanol–water partition coefficient (Wildman–Crippen LogP) is 3.67. The van der Waals surface area contributed by atoms with E-state index in [1.807, 2.05) is 74.5 Å². The van der Waals surface area contributed by atoms with E-state index in [4.69, 9.17) is 14.2 Å². The van der Waals surface area contributed by atoms with E-state index in [2.05, 4.69) is 21.2 Å². The quantitative estimate of drug-likeness (QED) is 0.309. The molecule has 11 nitrogen and oxygen atoms in total. The van der Waals surface area contributed by atoms with Gasteiger partial charge in [-0.1, -0.05) is 103 Å². The summed E-state index contributed by atoms with van der Waals surface area (Å²) in [7, 11) is 1.51. The van der Waals surface area contributed by atoms with Crippen LogP contribution in [0.3, 0.4) is 0 Å². The Labute approximate surface area is 300 Å². The van der Waals surface area contributed by atoms with E-state index >= 15 is 4.79 Å². The normalized spacial score (nSPS) is 31.4. The topological polar surface area (TPSA) is 135 Å². The summed E-state index contributed by atoms with van der Waals surface area (Å²) in [4.78, 5) is 60.7. The first kappa shape index (κ1) is 36.0. The van der Waals surface area contributed by atoms with Crippen LogP contribution in [-0.2, 0) is 39.9 Å². The van der Waals surface area contributed by atoms with Crippen molar-refractivity contribution in [3.63, 3.8) is 0 Å². The Morgan fingerprint density at radius 2 is 1.70 bits per heavy atom. The van der Waals surface area contributed by atoms with E-state index in [-0.39, 0.29) is 50.5 Å². The fourth-order valence-electron chi connectivity index (χ4n) is 7.82. The largest absolute Gasteiger partial charge is 0.455 e. The molecule has 4 heterocycles. The van der Waals surface area contributed by atoms with E-state index < -0.39 is 59.6 Å². The molecular weight excluding hydrogens is 706 g/mol. The number of esters is 1. The van der Waals surface area contributed by atoms with Crippen LogP contribution in [0.1, 0.15) is 43.9 Å². The first-order valence-corrected chi connectivity index (χ1v) is 17.9. The van der Waals surface area contributed by atoms with Crippen molar-refractivity contribution in [1.29, 1.82) is 0 Å². The maximum absolute atomic E-state index is 15.0. The summed E-state index contributed by atoms with van der Waals surface area (Å²) in [6.45, 7) is 3.88. The number of methoxy groups -OCH3 is 1. The average Bonchev–Trinajstić information content (AvgIpc) is 3.70. The van der Waals surface area contributed by atoms with Gasteiger partial charge in [0.05, 0.1) is 31.2 Å². The molecule has 0 aliphatic carbocycles. The van der Waals surface area contributed by atoms with Crippen LogP contribution in [0.4, 0.5) is 0 Å². The first-order valence-electron chi connectivity index (χ1n) is 17.1. The molecule has 1 spiro atoms. The molecule has 0 unspecified atom stereocenters. The Morgan fingerprint density at radius 3 is 2.36 bits per heavy atom. The third-order valence-corrected chi connectivity index (χ3v) is 10.9. The predicted molar refractivity (Wildman–Crippen MR) is 187 cm³/mol. The Morgan fingerprint density at radius 1 is 1.00 bits per heavy atom.